The zero-order chi connectivity index (χ0) is 14.7. The molecule has 0 bridgehead atoms. The smallest absolute Gasteiger partial charge is 0.252 e. The molecule has 108 valence electrons. The van der Waals surface area contributed by atoms with Gasteiger partial charge in [-0.05, 0) is 17.5 Å². The molecular formula is C15H14FN3O2. The zero-order valence-electron chi connectivity index (χ0n) is 11.3. The number of ether oxygens (including phenoxy) is 1. The van der Waals surface area contributed by atoms with Gasteiger partial charge in [-0.1, -0.05) is 29.4 Å². The molecule has 0 amide bonds. The van der Waals surface area contributed by atoms with Crippen LogP contribution in [0.1, 0.15) is 5.89 Å². The van der Waals surface area contributed by atoms with E-state index in [-0.39, 0.29) is 12.4 Å². The minimum Gasteiger partial charge on any atom is -0.370 e. The van der Waals surface area contributed by atoms with E-state index in [0.29, 0.717) is 30.3 Å². The van der Waals surface area contributed by atoms with Crippen LogP contribution in [0.4, 0.5) is 4.39 Å². The van der Waals surface area contributed by atoms with Gasteiger partial charge in [0.2, 0.25) is 5.82 Å². The normalized spacial score (nSPS) is 11.1. The van der Waals surface area contributed by atoms with Crippen LogP contribution in [-0.4, -0.2) is 23.3 Å². The molecule has 5 nitrogen and oxygen atoms in total. The molecule has 2 N–H and O–H groups in total. The fraction of sp³-hybridized carbons (Fsp3) is 0.200. The lowest BCUT2D eigenvalue weighted by Crippen LogP contribution is -2.08. The van der Waals surface area contributed by atoms with E-state index in [1.54, 1.807) is 18.2 Å². The Kier molecular flexibility index (Phi) is 3.89. The number of benzene rings is 2. The third-order valence-electron chi connectivity index (χ3n) is 3.07. The average Bonchev–Trinajstić information content (AvgIpc) is 2.97. The van der Waals surface area contributed by atoms with Crippen LogP contribution in [0.5, 0.6) is 0 Å². The highest BCUT2D eigenvalue weighted by molar-refractivity contribution is 5.95. The van der Waals surface area contributed by atoms with Gasteiger partial charge in [0.1, 0.15) is 12.4 Å². The second kappa shape index (κ2) is 5.99. The fourth-order valence-electron chi connectivity index (χ4n) is 2.12. The van der Waals surface area contributed by atoms with E-state index in [1.165, 1.54) is 6.07 Å². The van der Waals surface area contributed by atoms with Gasteiger partial charge in [-0.15, -0.1) is 0 Å². The molecule has 0 saturated heterocycles. The van der Waals surface area contributed by atoms with E-state index in [0.717, 1.165) is 10.9 Å². The average molecular weight is 287 g/mol. The Hall–Kier alpha value is -2.31. The summed E-state index contributed by atoms with van der Waals surface area (Å²) in [6.07, 6.45) is 0. The van der Waals surface area contributed by atoms with Crippen molar-refractivity contribution in [2.24, 2.45) is 5.73 Å². The van der Waals surface area contributed by atoms with Gasteiger partial charge in [0.15, 0.2) is 0 Å². The molecule has 1 aromatic heterocycles. The van der Waals surface area contributed by atoms with Gasteiger partial charge >= 0.3 is 0 Å². The molecule has 0 aliphatic heterocycles. The third-order valence-corrected chi connectivity index (χ3v) is 3.07. The number of nitrogens with zero attached hydrogens (tertiary/aromatic N) is 2. The minimum atomic E-state index is -0.274. The van der Waals surface area contributed by atoms with Gasteiger partial charge in [-0.2, -0.15) is 4.98 Å². The molecule has 0 atom stereocenters. The maximum absolute atomic E-state index is 13.8. The topological polar surface area (TPSA) is 74.2 Å². The zero-order valence-corrected chi connectivity index (χ0v) is 11.3. The van der Waals surface area contributed by atoms with Gasteiger partial charge in [0, 0.05) is 17.5 Å². The molecule has 0 radical (unpaired) electrons. The van der Waals surface area contributed by atoms with Crippen LogP contribution < -0.4 is 5.73 Å². The van der Waals surface area contributed by atoms with Crippen molar-refractivity contribution in [1.29, 1.82) is 0 Å². The first-order chi connectivity index (χ1) is 10.3. The lowest BCUT2D eigenvalue weighted by atomic mass is 10.0. The third kappa shape index (κ3) is 2.76. The summed E-state index contributed by atoms with van der Waals surface area (Å²) in [7, 11) is 0. The van der Waals surface area contributed by atoms with E-state index in [1.807, 2.05) is 12.1 Å². The van der Waals surface area contributed by atoms with Crippen LogP contribution in [0.15, 0.2) is 40.9 Å². The number of aromatic nitrogens is 2. The molecular weight excluding hydrogens is 273 g/mol. The van der Waals surface area contributed by atoms with E-state index < -0.39 is 0 Å². The van der Waals surface area contributed by atoms with Crippen molar-refractivity contribution in [3.05, 3.63) is 48.1 Å². The van der Waals surface area contributed by atoms with Gasteiger partial charge < -0.3 is 15.0 Å². The molecule has 0 aliphatic rings. The lowest BCUT2D eigenvalue weighted by Gasteiger charge is -2.03. The van der Waals surface area contributed by atoms with Crippen LogP contribution in [0.3, 0.4) is 0 Å². The number of rotatable bonds is 5. The van der Waals surface area contributed by atoms with Crippen molar-refractivity contribution < 1.29 is 13.7 Å². The minimum absolute atomic E-state index is 0.212. The number of halogens is 1. The molecule has 1 heterocycles. The fourth-order valence-corrected chi connectivity index (χ4v) is 2.12. The van der Waals surface area contributed by atoms with E-state index in [9.17, 15) is 4.39 Å². The Labute approximate surface area is 120 Å². The first-order valence-corrected chi connectivity index (χ1v) is 6.57. The predicted octanol–water partition coefficient (Wildman–Crippen LogP) is 2.50. The Morgan fingerprint density at radius 2 is 1.95 bits per heavy atom. The molecule has 0 fully saturated rings. The Bertz CT molecular complexity index is 758. The summed E-state index contributed by atoms with van der Waals surface area (Å²) in [5, 5.41) is 5.20. The summed E-state index contributed by atoms with van der Waals surface area (Å²) in [5.74, 6) is 0.508. The molecule has 0 saturated carbocycles. The number of nitrogens with two attached hydrogens (primary N) is 1. The molecule has 2 aromatic carbocycles. The van der Waals surface area contributed by atoms with Crippen molar-refractivity contribution >= 4 is 10.8 Å². The first-order valence-electron chi connectivity index (χ1n) is 6.57. The molecule has 3 rings (SSSR count). The standard InChI is InChI=1S/C15H14FN3O2/c16-13-6-5-12(10-3-1-2-4-11(10)13)15-18-14(21-19-15)9-20-8-7-17/h1-6H,7-9,17H2. The summed E-state index contributed by atoms with van der Waals surface area (Å²) in [5.41, 5.74) is 6.06. The highest BCUT2D eigenvalue weighted by Gasteiger charge is 2.13. The van der Waals surface area contributed by atoms with Crippen LogP contribution in [0.25, 0.3) is 22.2 Å². The SMILES string of the molecule is NCCOCc1nc(-c2ccc(F)c3ccccc23)no1. The van der Waals surface area contributed by atoms with Gasteiger partial charge in [-0.25, -0.2) is 4.39 Å². The van der Waals surface area contributed by atoms with Gasteiger partial charge in [0.05, 0.1) is 6.61 Å². The first kappa shape index (κ1) is 13.7. The number of hydrogen-bond donors (Lipinski definition) is 1. The van der Waals surface area contributed by atoms with Gasteiger partial charge in [-0.3, -0.25) is 0 Å². The second-order valence-electron chi connectivity index (χ2n) is 4.49. The van der Waals surface area contributed by atoms with Crippen LogP contribution in [0.2, 0.25) is 0 Å². The summed E-state index contributed by atoms with van der Waals surface area (Å²) in [6, 6.07) is 10.2. The maximum atomic E-state index is 13.8. The number of hydrogen-bond acceptors (Lipinski definition) is 5. The van der Waals surface area contributed by atoms with Crippen molar-refractivity contribution in [2.75, 3.05) is 13.2 Å². The predicted molar refractivity (Wildman–Crippen MR) is 75.9 cm³/mol. The molecule has 0 aliphatic carbocycles. The van der Waals surface area contributed by atoms with Crippen molar-refractivity contribution in [2.45, 2.75) is 6.61 Å². The Morgan fingerprint density at radius 1 is 1.14 bits per heavy atom. The molecule has 0 unspecified atom stereocenters. The monoisotopic (exact) mass is 287 g/mol. The van der Waals surface area contributed by atoms with Crippen LogP contribution >= 0.6 is 0 Å². The molecule has 6 heteroatoms. The van der Waals surface area contributed by atoms with E-state index in [2.05, 4.69) is 10.1 Å². The van der Waals surface area contributed by atoms with Crippen LogP contribution in [0, 0.1) is 5.82 Å². The Balaban J connectivity index is 1.96. The summed E-state index contributed by atoms with van der Waals surface area (Å²) in [4.78, 5) is 4.27. The van der Waals surface area contributed by atoms with E-state index in [4.69, 9.17) is 15.0 Å². The number of fused-ring (bicyclic) bond motifs is 1. The molecule has 0 spiro atoms. The van der Waals surface area contributed by atoms with Gasteiger partial charge in [0.25, 0.3) is 5.89 Å². The summed E-state index contributed by atoms with van der Waals surface area (Å²) in [6.45, 7) is 1.07. The molecule has 21 heavy (non-hydrogen) atoms. The van der Waals surface area contributed by atoms with Crippen molar-refractivity contribution in [1.82, 2.24) is 10.1 Å². The largest absolute Gasteiger partial charge is 0.370 e. The van der Waals surface area contributed by atoms with Crippen LogP contribution in [-0.2, 0) is 11.3 Å². The summed E-state index contributed by atoms with van der Waals surface area (Å²) < 4.78 is 24.2. The second-order valence-corrected chi connectivity index (χ2v) is 4.49. The molecule has 3 aromatic rings. The maximum Gasteiger partial charge on any atom is 0.252 e. The highest BCUT2D eigenvalue weighted by Crippen LogP contribution is 2.28. The van der Waals surface area contributed by atoms with Crippen molar-refractivity contribution in [3.8, 4) is 11.4 Å². The lowest BCUT2D eigenvalue weighted by molar-refractivity contribution is 0.104. The van der Waals surface area contributed by atoms with Crippen molar-refractivity contribution in [3.63, 3.8) is 0 Å². The Morgan fingerprint density at radius 3 is 2.76 bits per heavy atom. The quantitative estimate of drug-likeness (QED) is 0.730. The van der Waals surface area contributed by atoms with E-state index >= 15 is 0 Å². The highest BCUT2D eigenvalue weighted by atomic mass is 19.1. The summed E-state index contributed by atoms with van der Waals surface area (Å²) >= 11 is 0.